The number of ether oxygens (including phenoxy) is 1. The van der Waals surface area contributed by atoms with Gasteiger partial charge in [-0.1, -0.05) is 60.7 Å². The molecule has 4 aromatic rings. The molecule has 0 aliphatic carbocycles. The van der Waals surface area contributed by atoms with Crippen molar-refractivity contribution < 1.29 is 13.2 Å². The Balaban J connectivity index is 1.63. The average molecular weight is 473 g/mol. The molecule has 0 radical (unpaired) electrons. The van der Waals surface area contributed by atoms with Crippen LogP contribution in [-0.4, -0.2) is 41.7 Å². The Hall–Kier alpha value is -3.91. The van der Waals surface area contributed by atoms with Gasteiger partial charge in [0.2, 0.25) is 10.0 Å². The van der Waals surface area contributed by atoms with Crippen LogP contribution in [0.1, 0.15) is 23.6 Å². The van der Waals surface area contributed by atoms with E-state index in [-0.39, 0.29) is 0 Å². The fraction of sp³-hybridized carbons (Fsp3) is 0.154. The Morgan fingerprint density at radius 2 is 1.59 bits per heavy atom. The molecule has 3 aromatic carbocycles. The lowest BCUT2D eigenvalue weighted by atomic mass is 9.97. The number of sulfonamides is 1. The van der Waals surface area contributed by atoms with E-state index in [1.165, 1.54) is 10.7 Å². The number of benzene rings is 3. The summed E-state index contributed by atoms with van der Waals surface area (Å²) in [6.45, 7) is 0. The molecule has 8 heteroatoms. The fourth-order valence-corrected chi connectivity index (χ4v) is 5.06. The summed E-state index contributed by atoms with van der Waals surface area (Å²) in [5, 5.41) is 9.41. The second kappa shape index (κ2) is 8.79. The van der Waals surface area contributed by atoms with Gasteiger partial charge in [-0.3, -0.25) is 0 Å². The van der Waals surface area contributed by atoms with E-state index >= 15 is 0 Å². The second-order valence-electron chi connectivity index (χ2n) is 8.11. The highest BCUT2D eigenvalue weighted by atomic mass is 32.2. The molecule has 0 unspecified atom stereocenters. The summed E-state index contributed by atoms with van der Waals surface area (Å²) >= 11 is 0. The van der Waals surface area contributed by atoms with E-state index in [9.17, 15) is 8.42 Å². The number of hydrogen-bond donors (Lipinski definition) is 0. The molecular formula is C26H24N4O3S. The maximum atomic E-state index is 12.8. The molecule has 5 rings (SSSR count). The van der Waals surface area contributed by atoms with Crippen LogP contribution < -0.4 is 4.74 Å². The number of hydrogen-bond acceptors (Lipinski definition) is 5. The van der Waals surface area contributed by atoms with Crippen LogP contribution in [0.15, 0.2) is 96.2 Å². The molecule has 0 saturated heterocycles. The van der Waals surface area contributed by atoms with Crippen molar-refractivity contribution in [3.63, 3.8) is 0 Å². The first kappa shape index (κ1) is 21.9. The lowest BCUT2D eigenvalue weighted by Crippen LogP contribution is -2.26. The Bertz CT molecular complexity index is 1450. The molecule has 172 valence electrons. The summed E-state index contributed by atoms with van der Waals surface area (Å²) in [5.74, 6) is 0.691. The summed E-state index contributed by atoms with van der Waals surface area (Å²) in [6, 6.07) is 26.5. The van der Waals surface area contributed by atoms with Crippen molar-refractivity contribution in [2.45, 2.75) is 12.5 Å². The lowest BCUT2D eigenvalue weighted by Gasteiger charge is -2.21. The summed E-state index contributed by atoms with van der Waals surface area (Å²) in [6.07, 6.45) is 3.51. The quantitative estimate of drug-likeness (QED) is 0.409. The maximum absolute atomic E-state index is 12.8. The number of hydrazone groups is 1. The van der Waals surface area contributed by atoms with Gasteiger partial charge in [0.25, 0.3) is 0 Å². The van der Waals surface area contributed by atoms with Crippen LogP contribution in [0.2, 0.25) is 0 Å². The van der Waals surface area contributed by atoms with Gasteiger partial charge in [-0.05, 0) is 24.3 Å². The van der Waals surface area contributed by atoms with Gasteiger partial charge >= 0.3 is 0 Å². The SMILES string of the molecule is COc1cccc(C2=NN(S(C)(=O)=O)[C@@H](c3cn(-c4ccccc4)nc3-c3ccccc3)C2)c1. The lowest BCUT2D eigenvalue weighted by molar-refractivity contribution is 0.375. The molecule has 2 heterocycles. The molecule has 0 N–H and O–H groups in total. The topological polar surface area (TPSA) is 76.8 Å². The van der Waals surface area contributed by atoms with Crippen LogP contribution in [0.5, 0.6) is 5.75 Å². The zero-order valence-electron chi connectivity index (χ0n) is 18.9. The highest BCUT2D eigenvalue weighted by Crippen LogP contribution is 2.39. The van der Waals surface area contributed by atoms with Gasteiger partial charge in [0.05, 0.1) is 36.5 Å². The van der Waals surface area contributed by atoms with Crippen molar-refractivity contribution in [3.8, 4) is 22.7 Å². The third-order valence-electron chi connectivity index (χ3n) is 5.78. The third kappa shape index (κ3) is 4.20. The van der Waals surface area contributed by atoms with Gasteiger partial charge in [0.1, 0.15) is 5.75 Å². The molecule has 1 atom stereocenters. The van der Waals surface area contributed by atoms with Crippen molar-refractivity contribution >= 4 is 15.7 Å². The van der Waals surface area contributed by atoms with E-state index < -0.39 is 16.1 Å². The molecule has 0 fully saturated rings. The zero-order chi connectivity index (χ0) is 23.7. The number of rotatable bonds is 6. The highest BCUT2D eigenvalue weighted by Gasteiger charge is 2.37. The van der Waals surface area contributed by atoms with Gasteiger partial charge in [0, 0.05) is 29.3 Å². The maximum Gasteiger partial charge on any atom is 0.247 e. The van der Waals surface area contributed by atoms with E-state index in [0.29, 0.717) is 17.9 Å². The van der Waals surface area contributed by atoms with E-state index in [1.807, 2.05) is 91.1 Å². The largest absolute Gasteiger partial charge is 0.497 e. The molecule has 1 aliphatic rings. The Morgan fingerprint density at radius 1 is 0.912 bits per heavy atom. The molecule has 7 nitrogen and oxygen atoms in total. The Kier molecular flexibility index (Phi) is 5.67. The molecule has 0 saturated carbocycles. The van der Waals surface area contributed by atoms with Gasteiger partial charge in [-0.25, -0.2) is 13.1 Å². The Morgan fingerprint density at radius 3 is 2.26 bits per heavy atom. The van der Waals surface area contributed by atoms with E-state index in [4.69, 9.17) is 9.84 Å². The molecule has 34 heavy (non-hydrogen) atoms. The molecule has 1 aromatic heterocycles. The van der Waals surface area contributed by atoms with E-state index in [1.54, 1.807) is 11.8 Å². The number of nitrogens with zero attached hydrogens (tertiary/aromatic N) is 4. The summed E-state index contributed by atoms with van der Waals surface area (Å²) in [4.78, 5) is 0. The molecule has 0 bridgehead atoms. The van der Waals surface area contributed by atoms with E-state index in [0.717, 1.165) is 28.1 Å². The monoisotopic (exact) mass is 472 g/mol. The summed E-state index contributed by atoms with van der Waals surface area (Å²) in [5.41, 5.74) is 4.83. The van der Waals surface area contributed by atoms with Crippen LogP contribution in [0, 0.1) is 0 Å². The number of methoxy groups -OCH3 is 1. The standard InChI is InChI=1S/C26H24N4O3S/c1-33-22-15-9-12-20(16-22)24-17-25(30(27-24)34(2,31)32)23-18-29(21-13-7-4-8-14-21)28-26(23)19-10-5-3-6-11-19/h3-16,18,25H,17H2,1-2H3/t25-/m1/s1. The predicted molar refractivity (Wildman–Crippen MR) is 133 cm³/mol. The van der Waals surface area contributed by atoms with Crippen LogP contribution in [0.3, 0.4) is 0 Å². The first-order valence-electron chi connectivity index (χ1n) is 10.9. The highest BCUT2D eigenvalue weighted by molar-refractivity contribution is 7.88. The first-order valence-corrected chi connectivity index (χ1v) is 12.7. The fourth-order valence-electron chi connectivity index (χ4n) is 4.17. The minimum Gasteiger partial charge on any atom is -0.497 e. The minimum absolute atomic E-state index is 0.417. The predicted octanol–water partition coefficient (Wildman–Crippen LogP) is 4.66. The zero-order valence-corrected chi connectivity index (χ0v) is 19.7. The molecule has 0 spiro atoms. The number of para-hydroxylation sites is 1. The number of aromatic nitrogens is 2. The molecule has 1 aliphatic heterocycles. The van der Waals surface area contributed by atoms with Gasteiger partial charge < -0.3 is 4.74 Å². The molecule has 0 amide bonds. The van der Waals surface area contributed by atoms with Crippen LogP contribution >= 0.6 is 0 Å². The first-order chi connectivity index (χ1) is 16.4. The van der Waals surface area contributed by atoms with Crippen LogP contribution in [0.4, 0.5) is 0 Å². The normalized spacial score (nSPS) is 15.9. The summed E-state index contributed by atoms with van der Waals surface area (Å²) in [7, 11) is -2.03. The summed E-state index contributed by atoms with van der Waals surface area (Å²) < 4.78 is 34.0. The van der Waals surface area contributed by atoms with Crippen molar-refractivity contribution in [2.24, 2.45) is 5.10 Å². The minimum atomic E-state index is -3.63. The Labute approximate surface area is 199 Å². The van der Waals surface area contributed by atoms with Crippen molar-refractivity contribution in [2.75, 3.05) is 13.4 Å². The van der Waals surface area contributed by atoms with Crippen molar-refractivity contribution in [1.82, 2.24) is 14.2 Å². The average Bonchev–Trinajstić information content (AvgIpc) is 3.50. The smallest absolute Gasteiger partial charge is 0.247 e. The van der Waals surface area contributed by atoms with Gasteiger partial charge in [-0.15, -0.1) is 0 Å². The van der Waals surface area contributed by atoms with Gasteiger partial charge in [-0.2, -0.15) is 14.6 Å². The van der Waals surface area contributed by atoms with Crippen LogP contribution in [-0.2, 0) is 10.0 Å². The van der Waals surface area contributed by atoms with Crippen molar-refractivity contribution in [1.29, 1.82) is 0 Å². The van der Waals surface area contributed by atoms with Gasteiger partial charge in [0.15, 0.2) is 0 Å². The van der Waals surface area contributed by atoms with E-state index in [2.05, 4.69) is 5.10 Å². The van der Waals surface area contributed by atoms with Crippen molar-refractivity contribution in [3.05, 3.63) is 102 Å². The molecular weight excluding hydrogens is 448 g/mol. The third-order valence-corrected chi connectivity index (χ3v) is 6.80. The second-order valence-corrected chi connectivity index (χ2v) is 9.95. The van der Waals surface area contributed by atoms with Crippen LogP contribution in [0.25, 0.3) is 16.9 Å².